The highest BCUT2D eigenvalue weighted by atomic mass is 16.8. The van der Waals surface area contributed by atoms with Crippen LogP contribution in [-0.2, 0) is 28.5 Å². The molecule has 2 aromatic heterocycles. The van der Waals surface area contributed by atoms with Gasteiger partial charge in [0.15, 0.2) is 6.29 Å². The van der Waals surface area contributed by atoms with Crippen LogP contribution in [0.5, 0.6) is 5.75 Å². The SMILES string of the molecule is C/C(=C\COc1c2ccoc2cc2oc(=O)ccc12)CC[C@@H](OC(=O)CC(C)(O)CC(=O)O[C@H]1O[C@@H](OC(C)C)[C@H](O)[C@@H](O)[C@@H]1O)C(C)(C)O. The van der Waals surface area contributed by atoms with Crippen molar-refractivity contribution in [2.24, 2.45) is 0 Å². The Kier molecular flexibility index (Phi) is 12.5. The number of furan rings is 1. The highest BCUT2D eigenvalue weighted by Crippen LogP contribution is 2.35. The van der Waals surface area contributed by atoms with Crippen molar-refractivity contribution in [2.45, 2.75) is 122 Å². The molecule has 15 heteroatoms. The molecule has 0 aliphatic carbocycles. The summed E-state index contributed by atoms with van der Waals surface area (Å²) >= 11 is 0. The molecular formula is C35H46O15. The lowest BCUT2D eigenvalue weighted by Gasteiger charge is -2.40. The molecule has 0 saturated carbocycles. The van der Waals surface area contributed by atoms with Gasteiger partial charge in [0.25, 0.3) is 0 Å². The van der Waals surface area contributed by atoms with Crippen LogP contribution in [-0.4, -0.2) is 98.4 Å². The lowest BCUT2D eigenvalue weighted by atomic mass is 9.94. The molecule has 1 unspecified atom stereocenters. The fourth-order valence-electron chi connectivity index (χ4n) is 5.40. The normalized spacial score (nSPS) is 23.5. The van der Waals surface area contributed by atoms with Crippen LogP contribution in [0.2, 0.25) is 0 Å². The molecule has 3 heterocycles. The summed E-state index contributed by atoms with van der Waals surface area (Å²) in [6.07, 6.45) is -7.06. The highest BCUT2D eigenvalue weighted by Gasteiger charge is 2.47. The Hall–Kier alpha value is -3.83. The predicted octanol–water partition coefficient (Wildman–Crippen LogP) is 2.59. The molecular weight excluding hydrogens is 660 g/mol. The molecule has 4 rings (SSSR count). The monoisotopic (exact) mass is 706 g/mol. The van der Waals surface area contributed by atoms with Gasteiger partial charge in [0.1, 0.15) is 47.9 Å². The smallest absolute Gasteiger partial charge is 0.336 e. The summed E-state index contributed by atoms with van der Waals surface area (Å²) < 4.78 is 38.2. The lowest BCUT2D eigenvalue weighted by molar-refractivity contribution is -0.347. The van der Waals surface area contributed by atoms with E-state index in [1.54, 1.807) is 32.0 Å². The quantitative estimate of drug-likeness (QED) is 0.0870. The number of rotatable bonds is 15. The molecule has 50 heavy (non-hydrogen) atoms. The van der Waals surface area contributed by atoms with E-state index in [0.29, 0.717) is 34.1 Å². The van der Waals surface area contributed by atoms with Crippen molar-refractivity contribution < 1.29 is 67.6 Å². The number of allylic oxidation sites excluding steroid dienone is 1. The maximum Gasteiger partial charge on any atom is 0.336 e. The van der Waals surface area contributed by atoms with Gasteiger partial charge in [0.05, 0.1) is 47.2 Å². The summed E-state index contributed by atoms with van der Waals surface area (Å²) in [5.41, 5.74) is -2.22. The Morgan fingerprint density at radius 2 is 1.60 bits per heavy atom. The fraction of sp³-hybridized carbons (Fsp3) is 0.571. The first-order valence-corrected chi connectivity index (χ1v) is 16.3. The summed E-state index contributed by atoms with van der Waals surface area (Å²) in [6, 6.07) is 6.30. The topological polar surface area (TPSA) is 225 Å². The third kappa shape index (κ3) is 10.1. The van der Waals surface area contributed by atoms with Gasteiger partial charge < -0.3 is 58.1 Å². The molecule has 0 radical (unpaired) electrons. The zero-order valence-electron chi connectivity index (χ0n) is 28.9. The van der Waals surface area contributed by atoms with E-state index in [1.807, 2.05) is 13.0 Å². The second-order valence-electron chi connectivity index (χ2n) is 13.6. The number of hydrogen-bond donors (Lipinski definition) is 5. The molecule has 1 fully saturated rings. The molecule has 0 spiro atoms. The van der Waals surface area contributed by atoms with Crippen LogP contribution >= 0.6 is 0 Å². The van der Waals surface area contributed by atoms with Gasteiger partial charge in [-0.25, -0.2) is 4.79 Å². The van der Waals surface area contributed by atoms with Crippen molar-refractivity contribution in [1.82, 2.24) is 0 Å². The molecule has 0 bridgehead atoms. The average Bonchev–Trinajstić information content (AvgIpc) is 3.47. The van der Waals surface area contributed by atoms with E-state index >= 15 is 0 Å². The molecule has 1 saturated heterocycles. The second kappa shape index (κ2) is 16.0. The van der Waals surface area contributed by atoms with E-state index in [2.05, 4.69) is 0 Å². The summed E-state index contributed by atoms with van der Waals surface area (Å²) in [7, 11) is 0. The van der Waals surface area contributed by atoms with Gasteiger partial charge in [0.2, 0.25) is 6.29 Å². The van der Waals surface area contributed by atoms with Gasteiger partial charge in [-0.05, 0) is 72.6 Å². The molecule has 15 nitrogen and oxygen atoms in total. The maximum absolute atomic E-state index is 12.9. The molecule has 276 valence electrons. The minimum atomic E-state index is -1.96. The number of fused-ring (bicyclic) bond motifs is 2. The molecule has 1 aromatic carbocycles. The second-order valence-corrected chi connectivity index (χ2v) is 13.6. The number of hydrogen-bond acceptors (Lipinski definition) is 15. The van der Waals surface area contributed by atoms with Crippen LogP contribution in [0.1, 0.15) is 67.2 Å². The van der Waals surface area contributed by atoms with Crippen LogP contribution in [0.25, 0.3) is 21.9 Å². The Labute approximate surface area is 287 Å². The van der Waals surface area contributed by atoms with Crippen LogP contribution in [0.15, 0.2) is 55.8 Å². The number of benzene rings is 1. The van der Waals surface area contributed by atoms with Gasteiger partial charge in [-0.15, -0.1) is 0 Å². The summed E-state index contributed by atoms with van der Waals surface area (Å²) in [5, 5.41) is 53.4. The van der Waals surface area contributed by atoms with E-state index < -0.39 is 84.7 Å². The first-order chi connectivity index (χ1) is 23.3. The highest BCUT2D eigenvalue weighted by molar-refractivity contribution is 6.01. The van der Waals surface area contributed by atoms with Crippen molar-refractivity contribution in [3.63, 3.8) is 0 Å². The largest absolute Gasteiger partial charge is 0.488 e. The first-order valence-electron chi connectivity index (χ1n) is 16.3. The van der Waals surface area contributed by atoms with Gasteiger partial charge in [-0.2, -0.15) is 0 Å². The third-order valence-electron chi connectivity index (χ3n) is 8.06. The number of carbonyl (C=O) groups excluding carboxylic acids is 2. The number of carbonyl (C=O) groups is 2. The standard InChI is InChI=1S/C35H46O15/c1-18(2)46-32-29(40)28(39)30(41)33(50-32)49-27(38)17-35(6,43)16-26(37)48-24(34(4,5)42)9-7-19(3)11-13-45-31-20-8-10-25(36)47-23(20)15-22-21(31)12-14-44-22/h8,10-12,14-15,18,24,28-30,32-33,39-43H,7,9,13,16-17H2,1-6H3/b19-11+/t24-,28-,29-,30+,32-,33+,35?/m1/s1. The van der Waals surface area contributed by atoms with E-state index in [9.17, 15) is 39.9 Å². The van der Waals surface area contributed by atoms with Crippen molar-refractivity contribution in [2.75, 3.05) is 6.61 Å². The number of ether oxygens (including phenoxy) is 5. The number of aliphatic hydroxyl groups is 5. The zero-order valence-corrected chi connectivity index (χ0v) is 28.9. The zero-order chi connectivity index (χ0) is 37.0. The van der Waals surface area contributed by atoms with Crippen molar-refractivity contribution >= 4 is 33.9 Å². The van der Waals surface area contributed by atoms with Gasteiger partial charge in [-0.1, -0.05) is 5.57 Å². The minimum Gasteiger partial charge on any atom is -0.488 e. The molecule has 1 aliphatic rings. The number of aliphatic hydroxyl groups excluding tert-OH is 3. The molecule has 0 amide bonds. The Morgan fingerprint density at radius 3 is 2.28 bits per heavy atom. The van der Waals surface area contributed by atoms with E-state index in [0.717, 1.165) is 5.57 Å². The van der Waals surface area contributed by atoms with E-state index in [-0.39, 0.29) is 13.0 Å². The fourth-order valence-corrected chi connectivity index (χ4v) is 5.40. The first kappa shape index (κ1) is 39.0. The predicted molar refractivity (Wildman–Crippen MR) is 176 cm³/mol. The van der Waals surface area contributed by atoms with Crippen LogP contribution in [0.3, 0.4) is 0 Å². The van der Waals surface area contributed by atoms with Crippen LogP contribution in [0.4, 0.5) is 0 Å². The van der Waals surface area contributed by atoms with E-state index in [4.69, 9.17) is 32.5 Å². The molecule has 3 aromatic rings. The van der Waals surface area contributed by atoms with Crippen LogP contribution in [0, 0.1) is 0 Å². The van der Waals surface area contributed by atoms with Crippen molar-refractivity contribution in [3.8, 4) is 5.75 Å². The van der Waals surface area contributed by atoms with Gasteiger partial charge >= 0.3 is 17.6 Å². The van der Waals surface area contributed by atoms with Gasteiger partial charge in [0, 0.05) is 12.1 Å². The van der Waals surface area contributed by atoms with Crippen molar-refractivity contribution in [3.05, 3.63) is 52.6 Å². The molecule has 1 aliphatic heterocycles. The van der Waals surface area contributed by atoms with E-state index in [1.165, 1.54) is 33.1 Å². The lowest BCUT2D eigenvalue weighted by Crippen LogP contribution is -2.59. The number of esters is 2. The Bertz CT molecular complexity index is 1710. The van der Waals surface area contributed by atoms with Crippen LogP contribution < -0.4 is 10.4 Å². The summed E-state index contributed by atoms with van der Waals surface area (Å²) in [6.45, 7) is 9.48. The Balaban J connectivity index is 1.30. The van der Waals surface area contributed by atoms with Gasteiger partial charge in [-0.3, -0.25) is 9.59 Å². The Morgan fingerprint density at radius 1 is 0.940 bits per heavy atom. The minimum absolute atomic E-state index is 0.157. The molecule has 7 atom stereocenters. The summed E-state index contributed by atoms with van der Waals surface area (Å²) in [4.78, 5) is 37.3. The molecule has 5 N–H and O–H groups in total. The summed E-state index contributed by atoms with van der Waals surface area (Å²) in [5.74, 6) is -1.46. The maximum atomic E-state index is 12.9. The average molecular weight is 707 g/mol. The third-order valence-corrected chi connectivity index (χ3v) is 8.06. The van der Waals surface area contributed by atoms with Crippen molar-refractivity contribution in [1.29, 1.82) is 0 Å².